The summed E-state index contributed by atoms with van der Waals surface area (Å²) in [7, 11) is 0. The van der Waals surface area contributed by atoms with Crippen molar-refractivity contribution in [3.8, 4) is 0 Å². The van der Waals surface area contributed by atoms with Crippen molar-refractivity contribution in [3.63, 3.8) is 0 Å². The van der Waals surface area contributed by atoms with Crippen LogP contribution in [-0.4, -0.2) is 20.8 Å². The number of pyridine rings is 1. The van der Waals surface area contributed by atoms with Gasteiger partial charge >= 0.3 is 6.18 Å². The summed E-state index contributed by atoms with van der Waals surface area (Å²) in [5, 5.41) is 4.10. The van der Waals surface area contributed by atoms with Crippen LogP contribution in [0.25, 0.3) is 5.65 Å². The van der Waals surface area contributed by atoms with Crippen LogP contribution in [0.3, 0.4) is 0 Å². The molecule has 0 aromatic carbocycles. The minimum Gasteiger partial charge on any atom is -0.211 e. The molecule has 0 unspecified atom stereocenters. The maximum Gasteiger partial charge on any atom is 0.396 e. The van der Waals surface area contributed by atoms with E-state index in [0.717, 1.165) is 18.4 Å². The molecule has 0 N–H and O–H groups in total. The molecule has 0 spiro atoms. The van der Waals surface area contributed by atoms with Crippen LogP contribution in [-0.2, 0) is 6.42 Å². The molecule has 0 radical (unpaired) electrons. The molecule has 7 heteroatoms. The summed E-state index contributed by atoms with van der Waals surface area (Å²) in [5.74, 6) is 0.199. The van der Waals surface area contributed by atoms with E-state index in [2.05, 4.69) is 10.1 Å². The Labute approximate surface area is 112 Å². The topological polar surface area (TPSA) is 30.2 Å². The second-order valence-corrected chi connectivity index (χ2v) is 5.22. The molecule has 0 amide bonds. The quantitative estimate of drug-likeness (QED) is 0.788. The van der Waals surface area contributed by atoms with Crippen LogP contribution in [0.15, 0.2) is 12.1 Å². The Morgan fingerprint density at radius 2 is 2.05 bits per heavy atom. The first kappa shape index (κ1) is 12.7. The molecule has 2 heterocycles. The molecule has 19 heavy (non-hydrogen) atoms. The summed E-state index contributed by atoms with van der Waals surface area (Å²) in [4.78, 5) is 3.91. The van der Waals surface area contributed by atoms with E-state index in [4.69, 9.17) is 11.6 Å². The van der Waals surface area contributed by atoms with E-state index in [-0.39, 0.29) is 5.82 Å². The molecule has 1 aliphatic carbocycles. The zero-order valence-corrected chi connectivity index (χ0v) is 10.7. The van der Waals surface area contributed by atoms with E-state index < -0.39 is 12.6 Å². The van der Waals surface area contributed by atoms with Gasteiger partial charge in [-0.05, 0) is 36.5 Å². The Morgan fingerprint density at radius 1 is 1.32 bits per heavy atom. The largest absolute Gasteiger partial charge is 0.396 e. The van der Waals surface area contributed by atoms with Gasteiger partial charge in [-0.3, -0.25) is 0 Å². The molecule has 2 aromatic heterocycles. The monoisotopic (exact) mass is 289 g/mol. The number of halogens is 4. The van der Waals surface area contributed by atoms with Crippen molar-refractivity contribution < 1.29 is 13.2 Å². The Hall–Kier alpha value is -1.30. The summed E-state index contributed by atoms with van der Waals surface area (Å²) >= 11 is 6.05. The fourth-order valence-corrected chi connectivity index (χ4v) is 2.49. The third-order valence-electron chi connectivity index (χ3n) is 3.40. The molecule has 3 rings (SSSR count). The second kappa shape index (κ2) is 4.37. The zero-order valence-electron chi connectivity index (χ0n) is 9.91. The lowest BCUT2D eigenvalue weighted by molar-refractivity contribution is -0.128. The third kappa shape index (κ3) is 2.54. The Morgan fingerprint density at radius 3 is 2.63 bits per heavy atom. The van der Waals surface area contributed by atoms with Gasteiger partial charge in [-0.25, -0.2) is 9.50 Å². The maximum absolute atomic E-state index is 12.3. The summed E-state index contributed by atoms with van der Waals surface area (Å²) in [6, 6.07) is 3.55. The predicted molar refractivity (Wildman–Crippen MR) is 64.3 cm³/mol. The minimum atomic E-state index is -4.31. The van der Waals surface area contributed by atoms with E-state index in [1.807, 2.05) is 0 Å². The van der Waals surface area contributed by atoms with Gasteiger partial charge in [0.2, 0.25) is 0 Å². The lowest BCUT2D eigenvalue weighted by Gasteiger charge is -2.25. The van der Waals surface area contributed by atoms with Gasteiger partial charge in [0.05, 0.1) is 0 Å². The molecule has 0 atom stereocenters. The summed E-state index contributed by atoms with van der Waals surface area (Å²) in [5.41, 5.74) is 1.42. The van der Waals surface area contributed by atoms with Crippen LogP contribution >= 0.6 is 11.6 Å². The average molecular weight is 290 g/mol. The Balaban J connectivity index is 1.99. The van der Waals surface area contributed by atoms with Crippen molar-refractivity contribution in [3.05, 3.63) is 28.7 Å². The van der Waals surface area contributed by atoms with Crippen LogP contribution < -0.4 is 0 Å². The Kier molecular flexibility index (Phi) is 2.92. The second-order valence-electron chi connectivity index (χ2n) is 4.83. The number of hydrogen-bond donors (Lipinski definition) is 0. The molecule has 0 aliphatic heterocycles. The van der Waals surface area contributed by atoms with Crippen molar-refractivity contribution in [2.45, 2.75) is 37.8 Å². The molecular formula is C12H11ClF3N3. The molecule has 3 nitrogen and oxygen atoms in total. The van der Waals surface area contributed by atoms with Crippen LogP contribution in [0.1, 0.15) is 36.6 Å². The SMILES string of the molecule is FC(F)(F)Cc1nc2cc(C3CCC3)cc(Cl)n2n1. The number of nitrogens with zero attached hydrogens (tertiary/aromatic N) is 3. The molecule has 0 saturated heterocycles. The van der Waals surface area contributed by atoms with Crippen molar-refractivity contribution >= 4 is 17.2 Å². The molecule has 1 fully saturated rings. The van der Waals surface area contributed by atoms with Crippen molar-refractivity contribution in [1.82, 2.24) is 14.6 Å². The molecule has 0 bridgehead atoms. The lowest BCUT2D eigenvalue weighted by Crippen LogP contribution is -2.12. The van der Waals surface area contributed by atoms with Crippen LogP contribution in [0, 0.1) is 0 Å². The van der Waals surface area contributed by atoms with Gasteiger partial charge in [0.1, 0.15) is 11.6 Å². The highest BCUT2D eigenvalue weighted by Gasteiger charge is 2.30. The van der Waals surface area contributed by atoms with Gasteiger partial charge in [-0.2, -0.15) is 13.2 Å². The van der Waals surface area contributed by atoms with Gasteiger partial charge in [0.25, 0.3) is 0 Å². The van der Waals surface area contributed by atoms with E-state index in [1.165, 1.54) is 10.9 Å². The highest BCUT2D eigenvalue weighted by molar-refractivity contribution is 6.29. The van der Waals surface area contributed by atoms with Crippen molar-refractivity contribution in [1.29, 1.82) is 0 Å². The molecule has 102 valence electrons. The van der Waals surface area contributed by atoms with Crippen LogP contribution in [0.5, 0.6) is 0 Å². The first-order chi connectivity index (χ1) is 8.92. The van der Waals surface area contributed by atoms with E-state index >= 15 is 0 Å². The zero-order chi connectivity index (χ0) is 13.6. The minimum absolute atomic E-state index is 0.250. The fraction of sp³-hybridized carbons (Fsp3) is 0.500. The van der Waals surface area contributed by atoms with Crippen molar-refractivity contribution in [2.75, 3.05) is 0 Å². The standard InChI is InChI=1S/C12H11ClF3N3/c13-9-4-8(7-2-1-3-7)5-11-17-10(18-19(9)11)6-12(14,15)16/h4-5,7H,1-3,6H2. The average Bonchev–Trinajstić information content (AvgIpc) is 2.55. The van der Waals surface area contributed by atoms with Crippen molar-refractivity contribution in [2.24, 2.45) is 0 Å². The van der Waals surface area contributed by atoms with Gasteiger partial charge in [-0.1, -0.05) is 18.0 Å². The number of rotatable bonds is 2. The maximum atomic E-state index is 12.3. The fourth-order valence-electron chi connectivity index (χ4n) is 2.24. The van der Waals surface area contributed by atoms with Crippen LogP contribution in [0.4, 0.5) is 13.2 Å². The smallest absolute Gasteiger partial charge is 0.211 e. The summed E-state index contributed by atoms with van der Waals surface area (Å²) < 4.78 is 38.2. The predicted octanol–water partition coefficient (Wildman–Crippen LogP) is 3.76. The van der Waals surface area contributed by atoms with E-state index in [9.17, 15) is 13.2 Å². The highest BCUT2D eigenvalue weighted by Crippen LogP contribution is 2.37. The number of fused-ring (bicyclic) bond motifs is 1. The summed E-state index contributed by atoms with van der Waals surface area (Å²) in [6.07, 6.45) is -2.08. The van der Waals surface area contributed by atoms with Gasteiger partial charge < -0.3 is 0 Å². The van der Waals surface area contributed by atoms with Gasteiger partial charge in [0, 0.05) is 0 Å². The molecule has 2 aromatic rings. The normalized spacial score (nSPS) is 16.8. The number of alkyl halides is 3. The van der Waals surface area contributed by atoms with Gasteiger partial charge in [0.15, 0.2) is 11.5 Å². The van der Waals surface area contributed by atoms with E-state index in [1.54, 1.807) is 12.1 Å². The Bertz CT molecular complexity index is 616. The first-order valence-electron chi connectivity index (χ1n) is 6.04. The first-order valence-corrected chi connectivity index (χ1v) is 6.42. The highest BCUT2D eigenvalue weighted by atomic mass is 35.5. The number of hydrogen-bond acceptors (Lipinski definition) is 2. The molecular weight excluding hydrogens is 279 g/mol. The molecule has 1 aliphatic rings. The van der Waals surface area contributed by atoms with Crippen LogP contribution in [0.2, 0.25) is 5.15 Å². The molecule has 1 saturated carbocycles. The lowest BCUT2D eigenvalue weighted by atomic mass is 9.80. The van der Waals surface area contributed by atoms with Gasteiger partial charge in [-0.15, -0.1) is 5.10 Å². The third-order valence-corrected chi connectivity index (χ3v) is 3.66. The summed E-state index contributed by atoms with van der Waals surface area (Å²) in [6.45, 7) is 0. The number of aromatic nitrogens is 3. The van der Waals surface area contributed by atoms with E-state index in [0.29, 0.717) is 16.7 Å².